The largest absolute Gasteiger partial charge is 0.432 e. The molecule has 2 rings (SSSR count). The normalized spacial score (nSPS) is 20.2. The standard InChI is InChI=1S/C10H14N4O4/c1-10(12-13-10)5-2-6-11-9(17)18-14-7(15)3-4-8(14)16/h2-6H2,1H3,(H,11,17). The van der Waals surface area contributed by atoms with Crippen LogP contribution in [0, 0.1) is 0 Å². The predicted molar refractivity (Wildman–Crippen MR) is 58.1 cm³/mol. The molecule has 8 nitrogen and oxygen atoms in total. The molecule has 0 aromatic rings. The van der Waals surface area contributed by atoms with Crippen molar-refractivity contribution in [1.29, 1.82) is 0 Å². The van der Waals surface area contributed by atoms with Gasteiger partial charge in [-0.15, -0.1) is 5.06 Å². The van der Waals surface area contributed by atoms with E-state index in [1.807, 2.05) is 6.92 Å². The lowest BCUT2D eigenvalue weighted by Crippen LogP contribution is -2.37. The van der Waals surface area contributed by atoms with Gasteiger partial charge in [-0.25, -0.2) is 4.79 Å². The molecule has 98 valence electrons. The summed E-state index contributed by atoms with van der Waals surface area (Å²) in [6.07, 6.45) is 0.824. The lowest BCUT2D eigenvalue weighted by Gasteiger charge is -2.13. The van der Waals surface area contributed by atoms with Gasteiger partial charge in [0.05, 0.1) is 0 Å². The van der Waals surface area contributed by atoms with Gasteiger partial charge in [-0.2, -0.15) is 10.2 Å². The summed E-state index contributed by atoms with van der Waals surface area (Å²) in [7, 11) is 0. The molecule has 0 bridgehead atoms. The van der Waals surface area contributed by atoms with Gasteiger partial charge >= 0.3 is 6.09 Å². The second-order valence-corrected chi connectivity index (χ2v) is 4.41. The molecule has 2 aliphatic rings. The van der Waals surface area contributed by atoms with Crippen LogP contribution < -0.4 is 5.32 Å². The van der Waals surface area contributed by atoms with Crippen LogP contribution in [0.25, 0.3) is 0 Å². The van der Waals surface area contributed by atoms with Crippen molar-refractivity contribution in [2.24, 2.45) is 10.2 Å². The van der Waals surface area contributed by atoms with Crippen LogP contribution in [0.4, 0.5) is 4.79 Å². The number of nitrogens with one attached hydrogen (secondary N) is 1. The molecule has 1 saturated heterocycles. The van der Waals surface area contributed by atoms with Crippen molar-refractivity contribution in [1.82, 2.24) is 10.4 Å². The molecule has 0 unspecified atom stereocenters. The molecular formula is C10H14N4O4. The fourth-order valence-electron chi connectivity index (χ4n) is 1.57. The van der Waals surface area contributed by atoms with Gasteiger partial charge in [-0.3, -0.25) is 9.59 Å². The van der Waals surface area contributed by atoms with Gasteiger partial charge in [0, 0.05) is 19.4 Å². The monoisotopic (exact) mass is 254 g/mol. The van der Waals surface area contributed by atoms with E-state index < -0.39 is 17.9 Å². The SMILES string of the molecule is CC1(CCCNC(=O)ON2C(=O)CCC2=O)N=N1. The van der Waals surface area contributed by atoms with Crippen LogP contribution in [0.1, 0.15) is 32.6 Å². The summed E-state index contributed by atoms with van der Waals surface area (Å²) >= 11 is 0. The van der Waals surface area contributed by atoms with E-state index in [0.29, 0.717) is 18.0 Å². The number of rotatable bonds is 5. The van der Waals surface area contributed by atoms with E-state index in [-0.39, 0.29) is 18.5 Å². The molecule has 0 atom stereocenters. The third-order valence-electron chi connectivity index (χ3n) is 2.72. The molecule has 0 aliphatic carbocycles. The number of carbonyl (C=O) groups is 3. The molecule has 0 aromatic carbocycles. The Morgan fingerprint density at radius 3 is 2.56 bits per heavy atom. The van der Waals surface area contributed by atoms with E-state index in [4.69, 9.17) is 0 Å². The molecule has 18 heavy (non-hydrogen) atoms. The summed E-state index contributed by atoms with van der Waals surface area (Å²) in [5, 5.41) is 10.7. The second-order valence-electron chi connectivity index (χ2n) is 4.41. The molecule has 3 amide bonds. The van der Waals surface area contributed by atoms with Gasteiger partial charge < -0.3 is 10.2 Å². The minimum Gasteiger partial charge on any atom is -0.320 e. The van der Waals surface area contributed by atoms with Crippen molar-refractivity contribution in [2.45, 2.75) is 38.3 Å². The third-order valence-corrected chi connectivity index (χ3v) is 2.72. The van der Waals surface area contributed by atoms with E-state index in [1.54, 1.807) is 0 Å². The molecule has 1 fully saturated rings. The average molecular weight is 254 g/mol. The lowest BCUT2D eigenvalue weighted by molar-refractivity contribution is -0.171. The van der Waals surface area contributed by atoms with E-state index in [0.717, 1.165) is 6.42 Å². The zero-order valence-corrected chi connectivity index (χ0v) is 10.0. The minimum atomic E-state index is -0.798. The summed E-state index contributed by atoms with van der Waals surface area (Å²) in [6, 6.07) is 0. The molecular weight excluding hydrogens is 240 g/mol. The third kappa shape index (κ3) is 3.02. The van der Waals surface area contributed by atoms with E-state index in [9.17, 15) is 14.4 Å². The Kier molecular flexibility index (Phi) is 3.26. The van der Waals surface area contributed by atoms with Gasteiger partial charge in [-0.05, 0) is 19.8 Å². The summed E-state index contributed by atoms with van der Waals surface area (Å²) in [4.78, 5) is 38.3. The van der Waals surface area contributed by atoms with Crippen LogP contribution in [0.2, 0.25) is 0 Å². The smallest absolute Gasteiger partial charge is 0.320 e. The summed E-state index contributed by atoms with van der Waals surface area (Å²) < 4.78 is 0. The van der Waals surface area contributed by atoms with Crippen LogP contribution in [0.3, 0.4) is 0 Å². The molecule has 2 aliphatic heterocycles. The summed E-state index contributed by atoms with van der Waals surface area (Å²) in [6.45, 7) is 2.28. The fourth-order valence-corrected chi connectivity index (χ4v) is 1.57. The Bertz CT molecular complexity index is 398. The first-order chi connectivity index (χ1) is 8.50. The summed E-state index contributed by atoms with van der Waals surface area (Å²) in [5.74, 6) is -0.975. The Morgan fingerprint density at radius 1 is 1.39 bits per heavy atom. The quantitative estimate of drug-likeness (QED) is 0.577. The van der Waals surface area contributed by atoms with Gasteiger partial charge in [0.2, 0.25) is 0 Å². The van der Waals surface area contributed by atoms with Crippen molar-refractivity contribution >= 4 is 17.9 Å². The first kappa shape index (κ1) is 12.5. The van der Waals surface area contributed by atoms with E-state index in [1.165, 1.54) is 0 Å². The minimum absolute atomic E-state index is 0.0908. The van der Waals surface area contributed by atoms with Crippen LogP contribution in [0.5, 0.6) is 0 Å². The highest BCUT2D eigenvalue weighted by Gasteiger charge is 2.34. The van der Waals surface area contributed by atoms with Crippen molar-refractivity contribution < 1.29 is 19.2 Å². The number of hydrogen-bond acceptors (Lipinski definition) is 6. The lowest BCUT2D eigenvalue weighted by atomic mass is 10.1. The Morgan fingerprint density at radius 2 is 2.00 bits per heavy atom. The maximum absolute atomic E-state index is 11.3. The zero-order chi connectivity index (χ0) is 13.2. The number of carbonyl (C=O) groups excluding carboxylic acids is 3. The first-order valence-electron chi connectivity index (χ1n) is 5.76. The van der Waals surface area contributed by atoms with Gasteiger partial charge in [-0.1, -0.05) is 0 Å². The first-order valence-corrected chi connectivity index (χ1v) is 5.76. The fraction of sp³-hybridized carbons (Fsp3) is 0.700. The van der Waals surface area contributed by atoms with Gasteiger partial charge in [0.25, 0.3) is 11.8 Å². The topological polar surface area (TPSA) is 100 Å². The molecule has 0 radical (unpaired) electrons. The number of imide groups is 1. The Labute approximate surface area is 103 Å². The molecule has 8 heteroatoms. The molecule has 0 spiro atoms. The molecule has 2 heterocycles. The van der Waals surface area contributed by atoms with E-state index in [2.05, 4.69) is 20.4 Å². The highest BCUT2D eigenvalue weighted by molar-refractivity contribution is 6.01. The van der Waals surface area contributed by atoms with E-state index >= 15 is 0 Å². The second kappa shape index (κ2) is 4.71. The maximum atomic E-state index is 11.3. The maximum Gasteiger partial charge on any atom is 0.432 e. The average Bonchev–Trinajstić information content (AvgIpc) is 2.99. The highest BCUT2D eigenvalue weighted by atomic mass is 16.7. The van der Waals surface area contributed by atoms with Crippen molar-refractivity contribution in [3.05, 3.63) is 0 Å². The molecule has 0 saturated carbocycles. The number of hydrogen-bond donors (Lipinski definition) is 1. The summed E-state index contributed by atoms with van der Waals surface area (Å²) in [5.41, 5.74) is -0.285. The van der Waals surface area contributed by atoms with Gasteiger partial charge in [0.1, 0.15) is 0 Å². The number of amides is 3. The Hall–Kier alpha value is -1.99. The Balaban J connectivity index is 1.62. The molecule has 1 N–H and O–H groups in total. The number of nitrogens with zero attached hydrogens (tertiary/aromatic N) is 3. The van der Waals surface area contributed by atoms with Crippen molar-refractivity contribution in [3.63, 3.8) is 0 Å². The van der Waals surface area contributed by atoms with Gasteiger partial charge in [0.15, 0.2) is 5.66 Å². The van der Waals surface area contributed by atoms with Crippen LogP contribution in [0.15, 0.2) is 10.2 Å². The van der Waals surface area contributed by atoms with Crippen LogP contribution in [-0.2, 0) is 14.4 Å². The molecule has 0 aromatic heterocycles. The number of hydroxylamine groups is 2. The van der Waals surface area contributed by atoms with Crippen molar-refractivity contribution in [2.75, 3.05) is 6.54 Å². The van der Waals surface area contributed by atoms with Crippen LogP contribution in [-0.4, -0.2) is 35.2 Å². The zero-order valence-electron chi connectivity index (χ0n) is 10.0. The van der Waals surface area contributed by atoms with Crippen molar-refractivity contribution in [3.8, 4) is 0 Å². The predicted octanol–water partition coefficient (Wildman–Crippen LogP) is 0.739. The highest BCUT2D eigenvalue weighted by Crippen LogP contribution is 2.31. The van der Waals surface area contributed by atoms with Crippen LogP contribution >= 0.6 is 0 Å².